The van der Waals surface area contributed by atoms with Gasteiger partial charge in [0.25, 0.3) is 0 Å². The normalized spacial score (nSPS) is 10.8. The number of hydrogen-bond donors (Lipinski definition) is 1. The Morgan fingerprint density at radius 2 is 1.16 bits per heavy atom. The minimum absolute atomic E-state index is 0.357. The number of rotatable bonds is 8. The minimum Gasteiger partial charge on any atom is -0.465 e. The predicted octanol–water partition coefficient (Wildman–Crippen LogP) is 9.90. The third-order valence-electron chi connectivity index (χ3n) is 7.36. The summed E-state index contributed by atoms with van der Waals surface area (Å²) in [5.74, 6) is 1.06. The maximum absolute atomic E-state index is 11.7. The van der Waals surface area contributed by atoms with Gasteiger partial charge in [0, 0.05) is 17.7 Å². The van der Waals surface area contributed by atoms with Crippen LogP contribution in [0.4, 0.5) is 5.82 Å². The lowest BCUT2D eigenvalue weighted by Gasteiger charge is -2.09. The van der Waals surface area contributed by atoms with E-state index in [0.717, 1.165) is 50.3 Å². The molecule has 50 heavy (non-hydrogen) atoms. The molecule has 9 nitrogen and oxygen atoms in total. The summed E-state index contributed by atoms with van der Waals surface area (Å²) in [5, 5.41) is 5.42. The van der Waals surface area contributed by atoms with Crippen LogP contribution >= 0.6 is 57.5 Å². The first-order valence-corrected chi connectivity index (χ1v) is 17.7. The highest BCUT2D eigenvalue weighted by Gasteiger charge is 2.15. The number of nitrogens with zero attached hydrogens (tertiary/aromatic N) is 4. The topological polar surface area (TPSA) is 116 Å². The summed E-state index contributed by atoms with van der Waals surface area (Å²) in [6, 6.07) is 27.8. The second-order valence-electron chi connectivity index (χ2n) is 10.6. The van der Waals surface area contributed by atoms with Crippen LogP contribution in [0, 0.1) is 0 Å². The van der Waals surface area contributed by atoms with E-state index in [1.54, 1.807) is 42.5 Å². The summed E-state index contributed by atoms with van der Waals surface area (Å²) in [6.07, 6.45) is 0.882. The number of nitrogens with one attached hydrogen (secondary N) is 1. The molecule has 14 heteroatoms. The molecule has 0 saturated carbocycles. The Bertz CT molecular complexity index is 2300. The van der Waals surface area contributed by atoms with Crippen LogP contribution < -0.4 is 5.32 Å². The molecule has 0 unspecified atom stereocenters. The van der Waals surface area contributed by atoms with Crippen LogP contribution in [-0.4, -0.2) is 52.6 Å². The van der Waals surface area contributed by atoms with E-state index in [2.05, 4.69) is 37.1 Å². The van der Waals surface area contributed by atoms with E-state index in [0.29, 0.717) is 36.6 Å². The van der Waals surface area contributed by atoms with Crippen LogP contribution in [0.3, 0.4) is 0 Å². The Morgan fingerprint density at radius 1 is 0.660 bits per heavy atom. The lowest BCUT2D eigenvalue weighted by atomic mass is 10.1. The number of hydrogen-bond acceptors (Lipinski definition) is 11. The molecule has 252 valence electrons. The van der Waals surface area contributed by atoms with Crippen molar-refractivity contribution in [3.63, 3.8) is 0 Å². The van der Waals surface area contributed by atoms with Gasteiger partial charge >= 0.3 is 11.9 Å². The van der Waals surface area contributed by atoms with E-state index in [4.69, 9.17) is 44.5 Å². The molecule has 0 spiro atoms. The van der Waals surface area contributed by atoms with Gasteiger partial charge in [0.2, 0.25) is 0 Å². The van der Waals surface area contributed by atoms with Crippen molar-refractivity contribution in [3.8, 4) is 22.8 Å². The summed E-state index contributed by atoms with van der Waals surface area (Å²) in [4.78, 5) is 42.7. The standard InChI is InChI=1S/C22H18ClN3O2S.C14H8Cl2N2O2S/c1-28-22(27)16-9-7-15(8-10-16)19-25-20(17-13-18(23)29-21(17)26-19)24-12-11-14-5-3-2-4-6-14;1-20-14(19)8-4-2-7(3-5-8)12-17-11(16)9-6-10(15)21-13(9)18-12/h2-10,13H,11-12H2,1H3,(H,24,25,26);2-6H,1H3. The van der Waals surface area contributed by atoms with E-state index in [1.165, 1.54) is 42.5 Å². The van der Waals surface area contributed by atoms with Gasteiger partial charge in [0.15, 0.2) is 11.6 Å². The molecule has 0 fully saturated rings. The lowest BCUT2D eigenvalue weighted by Crippen LogP contribution is -2.07. The van der Waals surface area contributed by atoms with Crippen LogP contribution in [-0.2, 0) is 15.9 Å². The first-order chi connectivity index (χ1) is 24.2. The van der Waals surface area contributed by atoms with Gasteiger partial charge in [-0.3, -0.25) is 0 Å². The van der Waals surface area contributed by atoms with Crippen molar-refractivity contribution in [1.82, 2.24) is 19.9 Å². The van der Waals surface area contributed by atoms with E-state index < -0.39 is 0 Å². The number of ether oxygens (including phenoxy) is 2. The molecule has 0 atom stereocenters. The van der Waals surface area contributed by atoms with Gasteiger partial charge in [0.05, 0.1) is 44.8 Å². The molecule has 0 saturated heterocycles. The molecule has 0 aliphatic rings. The second kappa shape index (κ2) is 15.9. The maximum Gasteiger partial charge on any atom is 0.337 e. The number of anilines is 1. The third-order valence-corrected chi connectivity index (χ3v) is 9.96. The molecule has 4 heterocycles. The van der Waals surface area contributed by atoms with Crippen molar-refractivity contribution in [2.75, 3.05) is 26.1 Å². The zero-order chi connectivity index (χ0) is 35.2. The molecular formula is C36H26Cl3N5O4S2. The molecule has 3 aromatic carbocycles. The Kier molecular flexibility index (Phi) is 11.2. The van der Waals surface area contributed by atoms with E-state index in [-0.39, 0.29) is 11.9 Å². The number of benzene rings is 3. The number of fused-ring (bicyclic) bond motifs is 2. The number of thiophene rings is 2. The molecule has 0 aliphatic heterocycles. The largest absolute Gasteiger partial charge is 0.465 e. The number of halogens is 3. The highest BCUT2D eigenvalue weighted by Crippen LogP contribution is 2.35. The van der Waals surface area contributed by atoms with Gasteiger partial charge in [0.1, 0.15) is 20.6 Å². The van der Waals surface area contributed by atoms with Crippen molar-refractivity contribution in [2.24, 2.45) is 0 Å². The molecule has 7 rings (SSSR count). The van der Waals surface area contributed by atoms with E-state index in [9.17, 15) is 9.59 Å². The SMILES string of the molecule is COC(=O)c1ccc(-c2nc(Cl)c3cc(Cl)sc3n2)cc1.COC(=O)c1ccc(-c2nc(NCCc3ccccc3)c3cc(Cl)sc3n2)cc1. The van der Waals surface area contributed by atoms with Gasteiger partial charge in [-0.05, 0) is 48.4 Å². The van der Waals surface area contributed by atoms with Crippen molar-refractivity contribution in [1.29, 1.82) is 0 Å². The monoisotopic (exact) mass is 761 g/mol. The minimum atomic E-state index is -0.388. The number of aromatic nitrogens is 4. The Hall–Kier alpha value is -4.65. The van der Waals surface area contributed by atoms with Gasteiger partial charge in [-0.1, -0.05) is 89.4 Å². The lowest BCUT2D eigenvalue weighted by molar-refractivity contribution is 0.0592. The molecule has 0 amide bonds. The van der Waals surface area contributed by atoms with Crippen LogP contribution in [0.25, 0.3) is 43.2 Å². The molecule has 0 bridgehead atoms. The van der Waals surface area contributed by atoms with Gasteiger partial charge in [-0.2, -0.15) is 0 Å². The number of carbonyl (C=O) groups is 2. The number of methoxy groups -OCH3 is 2. The predicted molar refractivity (Wildman–Crippen MR) is 202 cm³/mol. The molecule has 7 aromatic rings. The Balaban J connectivity index is 0.000000182. The molecule has 1 N–H and O–H groups in total. The molecular weight excluding hydrogens is 737 g/mol. The summed E-state index contributed by atoms with van der Waals surface area (Å²) < 4.78 is 10.7. The van der Waals surface area contributed by atoms with E-state index >= 15 is 0 Å². The third kappa shape index (κ3) is 8.20. The summed E-state index contributed by atoms with van der Waals surface area (Å²) in [5.41, 5.74) is 3.78. The van der Waals surface area contributed by atoms with Crippen molar-refractivity contribution < 1.29 is 19.1 Å². The first kappa shape index (κ1) is 35.2. The van der Waals surface area contributed by atoms with Crippen LogP contribution in [0.5, 0.6) is 0 Å². The van der Waals surface area contributed by atoms with Crippen LogP contribution in [0.2, 0.25) is 13.8 Å². The van der Waals surface area contributed by atoms with Crippen LogP contribution in [0.15, 0.2) is 91.0 Å². The van der Waals surface area contributed by atoms with Crippen molar-refractivity contribution in [3.05, 3.63) is 122 Å². The second-order valence-corrected chi connectivity index (χ2v) is 14.3. The molecule has 0 radical (unpaired) electrons. The zero-order valence-corrected chi connectivity index (χ0v) is 30.3. The fourth-order valence-electron chi connectivity index (χ4n) is 4.86. The molecule has 4 aromatic heterocycles. The summed E-state index contributed by atoms with van der Waals surface area (Å²) in [6.45, 7) is 0.740. The maximum atomic E-state index is 11.7. The summed E-state index contributed by atoms with van der Waals surface area (Å²) in [7, 11) is 2.70. The molecule has 0 aliphatic carbocycles. The summed E-state index contributed by atoms with van der Waals surface area (Å²) >= 11 is 21.1. The van der Waals surface area contributed by atoms with Gasteiger partial charge in [-0.15, -0.1) is 22.7 Å². The van der Waals surface area contributed by atoms with Crippen LogP contribution in [0.1, 0.15) is 26.3 Å². The van der Waals surface area contributed by atoms with Crippen molar-refractivity contribution in [2.45, 2.75) is 6.42 Å². The number of esters is 2. The fraction of sp³-hybridized carbons (Fsp3) is 0.111. The average molecular weight is 763 g/mol. The quantitative estimate of drug-likeness (QED) is 0.119. The Morgan fingerprint density at radius 3 is 1.70 bits per heavy atom. The van der Waals surface area contributed by atoms with Gasteiger partial charge in [-0.25, -0.2) is 29.5 Å². The smallest absolute Gasteiger partial charge is 0.337 e. The van der Waals surface area contributed by atoms with Gasteiger partial charge < -0.3 is 14.8 Å². The highest BCUT2D eigenvalue weighted by molar-refractivity contribution is 7.22. The highest BCUT2D eigenvalue weighted by atomic mass is 35.5. The van der Waals surface area contributed by atoms with E-state index in [1.807, 2.05) is 36.4 Å². The fourth-order valence-corrected chi connectivity index (χ4v) is 7.31. The average Bonchev–Trinajstić information content (AvgIpc) is 3.73. The van der Waals surface area contributed by atoms with Crippen molar-refractivity contribution >= 4 is 95.7 Å². The zero-order valence-electron chi connectivity index (χ0n) is 26.4. The number of carbonyl (C=O) groups excluding carboxylic acids is 2. The first-order valence-electron chi connectivity index (χ1n) is 15.0. The Labute approximate surface area is 309 Å².